The van der Waals surface area contributed by atoms with E-state index in [1.807, 2.05) is 13.8 Å². The highest BCUT2D eigenvalue weighted by Crippen LogP contribution is 2.23. The average Bonchev–Trinajstić information content (AvgIpc) is 2.61. The first kappa shape index (κ1) is 22.9. The van der Waals surface area contributed by atoms with Gasteiger partial charge in [0.15, 0.2) is 0 Å². The number of carbonyl (C=O) groups excluding carboxylic acids is 1. The van der Waals surface area contributed by atoms with Crippen LogP contribution < -0.4 is 10.6 Å². The van der Waals surface area contributed by atoms with E-state index in [2.05, 4.69) is 16.7 Å². The summed E-state index contributed by atoms with van der Waals surface area (Å²) in [6.07, 6.45) is 0. The highest BCUT2D eigenvalue weighted by molar-refractivity contribution is 7.89. The number of carbonyl (C=O) groups is 1. The van der Waals surface area contributed by atoms with Gasteiger partial charge in [0.05, 0.1) is 17.5 Å². The highest BCUT2D eigenvalue weighted by Gasteiger charge is 2.30. The van der Waals surface area contributed by atoms with Crippen LogP contribution in [0.5, 0.6) is 0 Å². The Kier molecular flexibility index (Phi) is 7.81. The van der Waals surface area contributed by atoms with Gasteiger partial charge in [-0.3, -0.25) is 4.79 Å². The number of sulfonamides is 1. The molecule has 1 unspecified atom stereocenters. The average molecular weight is 395 g/mol. The van der Waals surface area contributed by atoms with E-state index in [1.54, 1.807) is 45.9 Å². The zero-order chi connectivity index (χ0) is 20.8. The number of rotatable bonds is 9. The minimum Gasteiger partial charge on any atom is -0.376 e. The van der Waals surface area contributed by atoms with E-state index in [9.17, 15) is 18.5 Å². The summed E-state index contributed by atoms with van der Waals surface area (Å²) in [4.78, 5) is 12.4. The Morgan fingerprint density at radius 2 is 1.89 bits per heavy atom. The molecule has 0 heterocycles. The predicted molar refractivity (Wildman–Crippen MR) is 107 cm³/mol. The molecule has 0 aliphatic carbocycles. The zero-order valence-electron chi connectivity index (χ0n) is 17.0. The van der Waals surface area contributed by atoms with Gasteiger partial charge in [-0.15, -0.1) is 0 Å². The molecule has 0 saturated heterocycles. The van der Waals surface area contributed by atoms with Crippen molar-refractivity contribution in [3.63, 3.8) is 0 Å². The Bertz CT molecular complexity index is 811. The summed E-state index contributed by atoms with van der Waals surface area (Å²) in [6.45, 7) is 11.5. The number of nitrogens with zero attached hydrogens (tertiary/aromatic N) is 2. The van der Waals surface area contributed by atoms with Crippen LogP contribution in [0.4, 0.5) is 5.69 Å². The van der Waals surface area contributed by atoms with Gasteiger partial charge >= 0.3 is 0 Å². The molecule has 2 N–H and O–H groups in total. The summed E-state index contributed by atoms with van der Waals surface area (Å²) in [5.41, 5.74) is 0.224. The fraction of sp³-hybridized carbons (Fsp3) is 0.579. The fourth-order valence-electron chi connectivity index (χ4n) is 2.51. The van der Waals surface area contributed by atoms with Crippen LogP contribution in [0.25, 0.3) is 0 Å². The Morgan fingerprint density at radius 3 is 2.37 bits per heavy atom. The van der Waals surface area contributed by atoms with Crippen molar-refractivity contribution in [3.05, 3.63) is 23.8 Å². The summed E-state index contributed by atoms with van der Waals surface area (Å²) in [5.74, 6) is -0.377. The topological polar surface area (TPSA) is 102 Å². The number of hydrogen-bond donors (Lipinski definition) is 2. The fourth-order valence-corrected chi connectivity index (χ4v) is 4.22. The molecule has 1 aromatic rings. The van der Waals surface area contributed by atoms with Crippen molar-refractivity contribution in [2.24, 2.45) is 5.92 Å². The normalized spacial score (nSPS) is 13.9. The molecule has 7 nitrogen and oxygen atoms in total. The van der Waals surface area contributed by atoms with Crippen LogP contribution in [0.15, 0.2) is 23.1 Å². The van der Waals surface area contributed by atoms with Gasteiger partial charge in [0.2, 0.25) is 15.9 Å². The van der Waals surface area contributed by atoms with Gasteiger partial charge in [0.25, 0.3) is 0 Å². The second kappa shape index (κ2) is 9.20. The lowest BCUT2D eigenvalue weighted by molar-refractivity contribution is -0.121. The standard InChI is InChI=1S/C19H30N4O3S/c1-7-23(8-2)27(25,26)17-11-16(10-9-15(17)5)21-12-18(24)22-19(6,13-20)14(3)4/h9-11,14,21H,7-8,12H2,1-6H3,(H,22,24). The number of hydrogen-bond acceptors (Lipinski definition) is 5. The summed E-state index contributed by atoms with van der Waals surface area (Å²) in [5, 5.41) is 14.9. The Morgan fingerprint density at radius 1 is 1.30 bits per heavy atom. The molecule has 0 bridgehead atoms. The summed E-state index contributed by atoms with van der Waals surface area (Å²) < 4.78 is 27.0. The van der Waals surface area contributed by atoms with E-state index in [1.165, 1.54) is 4.31 Å². The lowest BCUT2D eigenvalue weighted by Crippen LogP contribution is -2.50. The number of anilines is 1. The smallest absolute Gasteiger partial charge is 0.243 e. The molecule has 27 heavy (non-hydrogen) atoms. The number of nitriles is 1. The van der Waals surface area contributed by atoms with Gasteiger partial charge < -0.3 is 10.6 Å². The molecule has 1 amide bonds. The molecule has 0 aliphatic heterocycles. The number of nitrogens with one attached hydrogen (secondary N) is 2. The number of amides is 1. The highest BCUT2D eigenvalue weighted by atomic mass is 32.2. The molecule has 0 saturated carbocycles. The van der Waals surface area contributed by atoms with E-state index in [0.717, 1.165) is 0 Å². The Labute approximate surface area is 162 Å². The van der Waals surface area contributed by atoms with E-state index in [4.69, 9.17) is 0 Å². The van der Waals surface area contributed by atoms with E-state index in [0.29, 0.717) is 24.3 Å². The lowest BCUT2D eigenvalue weighted by atomic mass is 9.90. The SMILES string of the molecule is CCN(CC)S(=O)(=O)c1cc(NCC(=O)NC(C)(C#N)C(C)C)ccc1C. The van der Waals surface area contributed by atoms with Crippen LogP contribution in [0.3, 0.4) is 0 Å². The van der Waals surface area contributed by atoms with Crippen LogP contribution in [-0.4, -0.2) is 43.8 Å². The van der Waals surface area contributed by atoms with Crippen LogP contribution in [0.1, 0.15) is 40.2 Å². The monoisotopic (exact) mass is 394 g/mol. The molecule has 0 radical (unpaired) electrons. The van der Waals surface area contributed by atoms with Gasteiger partial charge in [-0.05, 0) is 37.5 Å². The third-order valence-corrected chi connectivity index (χ3v) is 6.94. The zero-order valence-corrected chi connectivity index (χ0v) is 17.8. The first-order valence-corrected chi connectivity index (χ1v) is 10.5. The maximum Gasteiger partial charge on any atom is 0.243 e. The van der Waals surface area contributed by atoms with Crippen molar-refractivity contribution in [1.82, 2.24) is 9.62 Å². The summed E-state index contributed by atoms with van der Waals surface area (Å²) in [6, 6.07) is 7.11. The molecule has 8 heteroatoms. The molecular formula is C19H30N4O3S. The maximum atomic E-state index is 12.8. The van der Waals surface area contributed by atoms with Crippen molar-refractivity contribution in [2.75, 3.05) is 25.0 Å². The minimum atomic E-state index is -3.59. The van der Waals surface area contributed by atoms with Crippen molar-refractivity contribution in [3.8, 4) is 6.07 Å². The number of benzene rings is 1. The van der Waals surface area contributed by atoms with Crippen molar-refractivity contribution in [2.45, 2.75) is 52.0 Å². The molecule has 1 atom stereocenters. The van der Waals surface area contributed by atoms with Gasteiger partial charge in [-0.1, -0.05) is 33.8 Å². The van der Waals surface area contributed by atoms with Crippen LogP contribution in [0.2, 0.25) is 0 Å². The van der Waals surface area contributed by atoms with Gasteiger partial charge in [-0.25, -0.2) is 8.42 Å². The van der Waals surface area contributed by atoms with Crippen LogP contribution in [0, 0.1) is 24.2 Å². The van der Waals surface area contributed by atoms with E-state index >= 15 is 0 Å². The summed E-state index contributed by atoms with van der Waals surface area (Å²) >= 11 is 0. The van der Waals surface area contributed by atoms with Crippen molar-refractivity contribution >= 4 is 21.6 Å². The second-order valence-corrected chi connectivity index (χ2v) is 8.85. The first-order chi connectivity index (χ1) is 12.5. The predicted octanol–water partition coefficient (Wildman–Crippen LogP) is 2.49. The van der Waals surface area contributed by atoms with Gasteiger partial charge in [0.1, 0.15) is 5.54 Å². The van der Waals surface area contributed by atoms with E-state index < -0.39 is 15.6 Å². The largest absolute Gasteiger partial charge is 0.376 e. The molecular weight excluding hydrogens is 364 g/mol. The molecule has 0 aliphatic rings. The van der Waals surface area contributed by atoms with Crippen LogP contribution >= 0.6 is 0 Å². The quantitative estimate of drug-likeness (QED) is 0.670. The molecule has 0 fully saturated rings. The minimum absolute atomic E-state index is 0.0448. The molecule has 1 aromatic carbocycles. The van der Waals surface area contributed by atoms with Crippen molar-refractivity contribution < 1.29 is 13.2 Å². The molecule has 0 aromatic heterocycles. The summed E-state index contributed by atoms with van der Waals surface area (Å²) in [7, 11) is -3.59. The molecule has 0 spiro atoms. The first-order valence-electron chi connectivity index (χ1n) is 9.08. The third kappa shape index (κ3) is 5.44. The Hall–Kier alpha value is -2.11. The maximum absolute atomic E-state index is 12.8. The second-order valence-electron chi connectivity index (χ2n) is 6.94. The van der Waals surface area contributed by atoms with Crippen LogP contribution in [-0.2, 0) is 14.8 Å². The van der Waals surface area contributed by atoms with Gasteiger partial charge in [-0.2, -0.15) is 9.57 Å². The third-order valence-electron chi connectivity index (χ3n) is 4.75. The number of aryl methyl sites for hydroxylation is 1. The molecule has 150 valence electrons. The van der Waals surface area contributed by atoms with Gasteiger partial charge in [0, 0.05) is 18.8 Å². The molecule has 1 rings (SSSR count). The Balaban J connectivity index is 2.96. The van der Waals surface area contributed by atoms with E-state index in [-0.39, 0.29) is 23.3 Å². The lowest BCUT2D eigenvalue weighted by Gasteiger charge is -2.27. The van der Waals surface area contributed by atoms with Crippen molar-refractivity contribution in [1.29, 1.82) is 5.26 Å².